The first-order valence-corrected chi connectivity index (χ1v) is 8.98. The number of rotatable bonds is 0. The number of hydrogen-bond donors (Lipinski definition) is 1. The van der Waals surface area contributed by atoms with Gasteiger partial charge in [-0.25, -0.2) is 0 Å². The predicted octanol–water partition coefficient (Wildman–Crippen LogP) is 6.60. The second kappa shape index (κ2) is 16.7. The van der Waals surface area contributed by atoms with Gasteiger partial charge in [0.2, 0.25) is 0 Å². The van der Waals surface area contributed by atoms with Crippen molar-refractivity contribution in [2.24, 2.45) is 0 Å². The number of hydrogen-bond acceptors (Lipinski definition) is 0. The Labute approximate surface area is 185 Å². The van der Waals surface area contributed by atoms with Crippen LogP contribution < -0.4 is 0 Å². The van der Waals surface area contributed by atoms with Crippen molar-refractivity contribution in [3.05, 3.63) is 86.4 Å². The van der Waals surface area contributed by atoms with Crippen LogP contribution in [0.5, 0.6) is 0 Å². The Balaban J connectivity index is -0.000000295. The van der Waals surface area contributed by atoms with E-state index >= 15 is 0 Å². The van der Waals surface area contributed by atoms with E-state index in [2.05, 4.69) is 72.8 Å². The molecule has 4 aromatic rings. The minimum atomic E-state index is 0. The normalized spacial score (nSPS) is 8.08. The van der Waals surface area contributed by atoms with Gasteiger partial charge in [-0.1, -0.05) is 31.3 Å². The molecule has 4 rings (SSSR count). The number of para-hydroxylation sites is 1. The summed E-state index contributed by atoms with van der Waals surface area (Å²) in [5.74, 6) is 0. The fourth-order valence-corrected chi connectivity index (χ4v) is 2.00. The summed E-state index contributed by atoms with van der Waals surface area (Å²) in [5, 5.41) is 3.88. The van der Waals surface area contributed by atoms with Crippen LogP contribution in [0.15, 0.2) is 72.8 Å². The predicted molar refractivity (Wildman–Crippen MR) is 115 cm³/mol. The van der Waals surface area contributed by atoms with Crippen LogP contribution in [0.3, 0.4) is 0 Å². The third-order valence-electron chi connectivity index (χ3n) is 2.94. The number of nitrogens with one attached hydrogen (secondary N) is 1. The summed E-state index contributed by atoms with van der Waals surface area (Å²) < 4.78 is 0. The molecule has 1 aromatic heterocycles. The first-order chi connectivity index (χ1) is 10.3. The van der Waals surface area contributed by atoms with E-state index in [-0.39, 0.29) is 58.4 Å². The molecule has 1 N–H and O–H groups in total. The quantitative estimate of drug-likeness (QED) is 0.221. The van der Waals surface area contributed by atoms with Crippen LogP contribution in [-0.2, 0) is 26.2 Å². The van der Waals surface area contributed by atoms with Crippen LogP contribution in [0.4, 0.5) is 0 Å². The molecule has 0 saturated carbocycles. The van der Waals surface area contributed by atoms with Gasteiger partial charge >= 0.3 is 26.2 Å². The molecule has 0 atom stereocenters. The van der Waals surface area contributed by atoms with E-state index in [1.54, 1.807) is 0 Å². The molecule has 1 nitrogen and oxygen atoms in total. The summed E-state index contributed by atoms with van der Waals surface area (Å²) in [4.78, 5) is 2.99. The van der Waals surface area contributed by atoms with Crippen molar-refractivity contribution in [2.45, 2.75) is 13.1 Å². The molecule has 0 bridgehead atoms. The zero-order chi connectivity index (χ0) is 14.9. The van der Waals surface area contributed by atoms with Crippen molar-refractivity contribution in [2.75, 3.05) is 0 Å². The summed E-state index contributed by atoms with van der Waals surface area (Å²) in [5.41, 5.74) is 1.15. The fourth-order valence-electron chi connectivity index (χ4n) is 2.00. The van der Waals surface area contributed by atoms with Crippen molar-refractivity contribution in [3.8, 4) is 0 Å². The molecule has 0 aliphatic heterocycles. The summed E-state index contributed by atoms with van der Waals surface area (Å²) in [6.07, 6.45) is 2.91. The van der Waals surface area contributed by atoms with Gasteiger partial charge in [-0.3, -0.25) is 0 Å². The van der Waals surface area contributed by atoms with Gasteiger partial charge < -0.3 is 12.4 Å². The van der Waals surface area contributed by atoms with Gasteiger partial charge in [0.15, 0.2) is 0 Å². The molecular weight excluding hydrogens is 444 g/mol. The van der Waals surface area contributed by atoms with E-state index in [0.717, 1.165) is 15.0 Å². The van der Waals surface area contributed by atoms with E-state index in [1.165, 1.54) is 16.2 Å². The molecule has 25 heavy (non-hydrogen) atoms. The van der Waals surface area contributed by atoms with Crippen LogP contribution in [-0.4, -0.2) is 14.5 Å². The van der Waals surface area contributed by atoms with Crippen molar-refractivity contribution in [3.63, 3.8) is 0 Å². The van der Waals surface area contributed by atoms with Crippen LogP contribution in [0.25, 0.3) is 21.7 Å². The average molecular weight is 469 g/mol. The Morgan fingerprint density at radius 2 is 1.44 bits per heavy atom. The summed E-state index contributed by atoms with van der Waals surface area (Å²) >= 11 is 0. The van der Waals surface area contributed by atoms with Gasteiger partial charge in [0.05, 0.1) is 0 Å². The Hall–Kier alpha value is -0.730. The average Bonchev–Trinajstić information content (AvgIpc) is 3.17. The van der Waals surface area contributed by atoms with Crippen LogP contribution >= 0.6 is 24.8 Å². The Morgan fingerprint density at radius 3 is 2.04 bits per heavy atom. The largest absolute Gasteiger partial charge is 3.00 e. The van der Waals surface area contributed by atoms with Gasteiger partial charge in [-0.05, 0) is 0 Å². The molecule has 0 spiro atoms. The van der Waals surface area contributed by atoms with Crippen molar-refractivity contribution in [1.29, 1.82) is 0 Å². The molecule has 3 radical (unpaired) electrons. The molecule has 0 aliphatic rings. The molecule has 0 aliphatic carbocycles. The number of fused-ring (bicyclic) bond motifs is 2. The van der Waals surface area contributed by atoms with Gasteiger partial charge in [0.1, 0.15) is 0 Å². The number of halogens is 2. The number of benzene rings is 2. The van der Waals surface area contributed by atoms with Crippen molar-refractivity contribution < 1.29 is 26.2 Å². The molecule has 0 unspecified atom stereocenters. The summed E-state index contributed by atoms with van der Waals surface area (Å²) in [6.45, 7) is 4.31. The molecule has 3 aromatic carbocycles. The first-order valence-electron chi connectivity index (χ1n) is 6.98. The molecular formula is C20H24Cl2NSiZr. The van der Waals surface area contributed by atoms with Crippen LogP contribution in [0, 0.1) is 13.6 Å². The number of aromatic nitrogens is 1. The van der Waals surface area contributed by atoms with Gasteiger partial charge in [0.25, 0.3) is 0 Å². The maximum absolute atomic E-state index is 2.99. The zero-order valence-electron chi connectivity index (χ0n) is 14.7. The van der Waals surface area contributed by atoms with Crippen molar-refractivity contribution in [1.82, 2.24) is 4.98 Å². The molecule has 131 valence electrons. The van der Waals surface area contributed by atoms with Crippen LogP contribution in [0.1, 0.15) is 0 Å². The molecule has 0 amide bonds. The van der Waals surface area contributed by atoms with E-state index in [0.29, 0.717) is 0 Å². The smallest absolute Gasteiger partial charge is 0.477 e. The van der Waals surface area contributed by atoms with E-state index in [9.17, 15) is 0 Å². The molecule has 0 fully saturated rings. The van der Waals surface area contributed by atoms with Gasteiger partial charge in [-0.15, -0.1) is 78.3 Å². The maximum atomic E-state index is 2.99. The second-order valence-electron chi connectivity index (χ2n) is 4.66. The third kappa shape index (κ3) is 9.51. The van der Waals surface area contributed by atoms with E-state index in [1.807, 2.05) is 24.3 Å². The standard InChI is InChI=1S/C9H7.C8H6N.C2H6Si.CH3.2ClH.Zr/c1-2-5-9-7-3-6-8(9)4-1;1-2-4-8-7(3-1)5-6-9-8;1-3-2;;;;/h1-7H;1-5,9H;1-2H3;1H3;2*1H;/q2*-1;;-1;;;+3. The van der Waals surface area contributed by atoms with Crippen LogP contribution in [0.2, 0.25) is 13.1 Å². The SMILES string of the molecule is C[Si]C.Cl.Cl.[CH3-].[Zr+3].[c-]1cc2ccccc2[nH]1.c1ccc2[cH-]ccc2c1. The summed E-state index contributed by atoms with van der Waals surface area (Å²) in [7, 11) is 1.08. The van der Waals surface area contributed by atoms with E-state index < -0.39 is 0 Å². The first kappa shape index (κ1) is 29.0. The molecule has 1 heterocycles. The zero-order valence-corrected chi connectivity index (χ0v) is 19.8. The van der Waals surface area contributed by atoms with E-state index in [4.69, 9.17) is 0 Å². The topological polar surface area (TPSA) is 15.8 Å². The third-order valence-corrected chi connectivity index (χ3v) is 2.94. The Kier molecular flexibility index (Phi) is 19.4. The Bertz CT molecular complexity index is 657. The van der Waals surface area contributed by atoms with Gasteiger partial charge in [-0.2, -0.15) is 29.0 Å². The Morgan fingerprint density at radius 1 is 0.880 bits per heavy atom. The number of H-pyrrole nitrogens is 1. The summed E-state index contributed by atoms with van der Waals surface area (Å²) in [6, 6.07) is 24.7. The monoisotopic (exact) mass is 466 g/mol. The van der Waals surface area contributed by atoms with Crippen molar-refractivity contribution >= 4 is 56.0 Å². The molecule has 0 saturated heterocycles. The minimum absolute atomic E-state index is 0. The maximum Gasteiger partial charge on any atom is 3.00 e. The minimum Gasteiger partial charge on any atom is -0.477 e. The van der Waals surface area contributed by atoms with Gasteiger partial charge in [0, 0.05) is 9.52 Å². The number of aromatic amines is 1. The fraction of sp³-hybridized carbons (Fsp3) is 0.100. The second-order valence-corrected chi connectivity index (χ2v) is 5.66. The molecule has 5 heteroatoms.